The van der Waals surface area contributed by atoms with Gasteiger partial charge in [0.05, 0.1) is 21.7 Å². The number of nitrogens with zero attached hydrogens (tertiary/aromatic N) is 1. The van der Waals surface area contributed by atoms with E-state index in [1.807, 2.05) is 43.3 Å². The molecule has 3 aromatic carbocycles. The van der Waals surface area contributed by atoms with Gasteiger partial charge in [-0.2, -0.15) is 0 Å². The molecule has 0 aliphatic rings. The van der Waals surface area contributed by atoms with E-state index in [4.69, 9.17) is 0 Å². The minimum Gasteiger partial charge on any atom is -0.294 e. The van der Waals surface area contributed by atoms with Gasteiger partial charge in [0.25, 0.3) is 10.0 Å². The van der Waals surface area contributed by atoms with Crippen molar-refractivity contribution in [2.24, 2.45) is 0 Å². The van der Waals surface area contributed by atoms with Gasteiger partial charge in [-0.1, -0.05) is 66.2 Å². The summed E-state index contributed by atoms with van der Waals surface area (Å²) in [5.41, 5.74) is 2.96. The highest BCUT2D eigenvalue weighted by Crippen LogP contribution is 2.37. The lowest BCUT2D eigenvalue weighted by Crippen LogP contribution is -2.15. The Labute approximate surface area is 164 Å². The Morgan fingerprint density at radius 2 is 1.43 bits per heavy atom. The number of benzene rings is 3. The van der Waals surface area contributed by atoms with Gasteiger partial charge in [0.2, 0.25) is 0 Å². The highest BCUT2D eigenvalue weighted by atomic mass is 32.2. The van der Waals surface area contributed by atoms with Gasteiger partial charge in [-0.15, -0.1) is 0 Å². The van der Waals surface area contributed by atoms with Crippen molar-refractivity contribution in [2.75, 3.05) is 0 Å². The predicted molar refractivity (Wildman–Crippen MR) is 111 cm³/mol. The van der Waals surface area contributed by atoms with Crippen LogP contribution in [-0.2, 0) is 10.0 Å². The van der Waals surface area contributed by atoms with E-state index in [1.165, 1.54) is 10.9 Å². The number of aromatic nitrogens is 1. The highest BCUT2D eigenvalue weighted by Gasteiger charge is 2.29. The van der Waals surface area contributed by atoms with E-state index in [9.17, 15) is 13.2 Å². The summed E-state index contributed by atoms with van der Waals surface area (Å²) in [6.07, 6.45) is 0. The van der Waals surface area contributed by atoms with Crippen molar-refractivity contribution in [1.82, 2.24) is 3.97 Å². The molecule has 140 valence electrons. The van der Waals surface area contributed by atoms with Gasteiger partial charge in [-0.05, 0) is 32.0 Å². The maximum absolute atomic E-state index is 13.6. The van der Waals surface area contributed by atoms with Crippen molar-refractivity contribution >= 4 is 26.7 Å². The number of carbonyl (C=O) groups excluding carboxylic acids is 1. The molecule has 5 heteroatoms. The van der Waals surface area contributed by atoms with Crippen molar-refractivity contribution in [3.05, 3.63) is 90.0 Å². The normalized spacial score (nSPS) is 11.6. The Hall–Kier alpha value is -3.18. The molecule has 0 radical (unpaired) electrons. The van der Waals surface area contributed by atoms with Crippen LogP contribution in [0.1, 0.15) is 22.8 Å². The molecule has 28 heavy (non-hydrogen) atoms. The zero-order valence-corrected chi connectivity index (χ0v) is 16.4. The lowest BCUT2D eigenvalue weighted by atomic mass is 10.0. The standard InChI is InChI=1S/C23H19NO3S/c1-16-12-14-19(15-13-16)28(26,27)24-21-11-7-6-10-20(21)22(17(2)25)23(24)18-8-4-3-5-9-18/h3-15H,1-2H3. The molecule has 4 rings (SSSR count). The van der Waals surface area contributed by atoms with Crippen LogP contribution in [0.15, 0.2) is 83.8 Å². The molecule has 0 amide bonds. The van der Waals surface area contributed by atoms with Crippen LogP contribution in [0.5, 0.6) is 0 Å². The number of fused-ring (bicyclic) bond motifs is 1. The fourth-order valence-corrected chi connectivity index (χ4v) is 5.04. The molecule has 0 aliphatic carbocycles. The van der Waals surface area contributed by atoms with Crippen LogP contribution in [0, 0.1) is 6.92 Å². The van der Waals surface area contributed by atoms with E-state index in [0.717, 1.165) is 5.56 Å². The Bertz CT molecular complexity index is 1290. The van der Waals surface area contributed by atoms with Crippen molar-refractivity contribution in [1.29, 1.82) is 0 Å². The van der Waals surface area contributed by atoms with Crippen LogP contribution in [0.2, 0.25) is 0 Å². The fraction of sp³-hybridized carbons (Fsp3) is 0.0870. The third-order valence-corrected chi connectivity index (χ3v) is 6.52. The Morgan fingerprint density at radius 1 is 0.821 bits per heavy atom. The summed E-state index contributed by atoms with van der Waals surface area (Å²) < 4.78 is 28.6. The second kappa shape index (κ2) is 6.77. The highest BCUT2D eigenvalue weighted by molar-refractivity contribution is 7.90. The third-order valence-electron chi connectivity index (χ3n) is 4.79. The summed E-state index contributed by atoms with van der Waals surface area (Å²) >= 11 is 0. The van der Waals surface area contributed by atoms with E-state index in [2.05, 4.69) is 0 Å². The molecule has 0 saturated heterocycles. The van der Waals surface area contributed by atoms with Gasteiger partial charge in [0.15, 0.2) is 5.78 Å². The van der Waals surface area contributed by atoms with Crippen molar-refractivity contribution < 1.29 is 13.2 Å². The summed E-state index contributed by atoms with van der Waals surface area (Å²) in [5.74, 6) is -0.173. The first-order chi connectivity index (χ1) is 13.4. The topological polar surface area (TPSA) is 56.1 Å². The van der Waals surface area contributed by atoms with Crippen LogP contribution in [0.4, 0.5) is 0 Å². The smallest absolute Gasteiger partial charge is 0.268 e. The largest absolute Gasteiger partial charge is 0.294 e. The second-order valence-electron chi connectivity index (χ2n) is 6.75. The molecule has 0 saturated carbocycles. The summed E-state index contributed by atoms with van der Waals surface area (Å²) in [6, 6.07) is 23.0. The molecule has 0 aliphatic heterocycles. The van der Waals surface area contributed by atoms with Crippen LogP contribution < -0.4 is 0 Å². The Kier molecular flexibility index (Phi) is 4.40. The number of carbonyl (C=O) groups is 1. The average molecular weight is 389 g/mol. The number of hydrogen-bond donors (Lipinski definition) is 0. The molecule has 0 N–H and O–H groups in total. The quantitative estimate of drug-likeness (QED) is 0.459. The summed E-state index contributed by atoms with van der Waals surface area (Å²) in [4.78, 5) is 12.8. The third kappa shape index (κ3) is 2.84. The molecule has 0 bridgehead atoms. The van der Waals surface area contributed by atoms with Crippen LogP contribution in [0.25, 0.3) is 22.2 Å². The number of para-hydroxylation sites is 1. The summed E-state index contributed by atoms with van der Waals surface area (Å²) in [6.45, 7) is 3.38. The molecule has 4 aromatic rings. The second-order valence-corrected chi connectivity index (χ2v) is 8.53. The molecular formula is C23H19NO3S. The molecule has 0 spiro atoms. The number of Topliss-reactive ketones (excluding diaryl/α,β-unsaturated/α-hetero) is 1. The molecule has 4 nitrogen and oxygen atoms in total. The Balaban J connectivity index is 2.17. The first kappa shape index (κ1) is 18.2. The molecule has 1 heterocycles. The molecule has 1 aromatic heterocycles. The Morgan fingerprint density at radius 3 is 2.07 bits per heavy atom. The maximum atomic E-state index is 13.6. The van der Waals surface area contributed by atoms with E-state index in [0.29, 0.717) is 27.7 Å². The first-order valence-corrected chi connectivity index (χ1v) is 10.4. The summed E-state index contributed by atoms with van der Waals surface area (Å²) in [7, 11) is -3.91. The molecule has 0 atom stereocenters. The van der Waals surface area contributed by atoms with Crippen LogP contribution in [-0.4, -0.2) is 18.2 Å². The minimum absolute atomic E-state index is 0.173. The fourth-order valence-electron chi connectivity index (χ4n) is 3.49. The van der Waals surface area contributed by atoms with E-state index < -0.39 is 10.0 Å². The monoisotopic (exact) mass is 389 g/mol. The average Bonchev–Trinajstić information content (AvgIpc) is 3.05. The maximum Gasteiger partial charge on any atom is 0.268 e. The number of ketones is 1. The lowest BCUT2D eigenvalue weighted by Gasteiger charge is -2.13. The number of hydrogen-bond acceptors (Lipinski definition) is 3. The van der Waals surface area contributed by atoms with Gasteiger partial charge in [-0.3, -0.25) is 4.79 Å². The van der Waals surface area contributed by atoms with Crippen molar-refractivity contribution in [2.45, 2.75) is 18.7 Å². The zero-order valence-electron chi connectivity index (χ0n) is 15.6. The van der Waals surface area contributed by atoms with Crippen molar-refractivity contribution in [3.63, 3.8) is 0 Å². The zero-order chi connectivity index (χ0) is 19.9. The minimum atomic E-state index is -3.91. The first-order valence-electron chi connectivity index (χ1n) is 8.93. The van der Waals surface area contributed by atoms with Crippen molar-refractivity contribution in [3.8, 4) is 11.3 Å². The number of aryl methyl sites for hydroxylation is 1. The SMILES string of the molecule is CC(=O)c1c(-c2ccccc2)n(S(=O)(=O)c2ccc(C)cc2)c2ccccc12. The molecule has 0 unspecified atom stereocenters. The molecular weight excluding hydrogens is 370 g/mol. The van der Waals surface area contributed by atoms with E-state index >= 15 is 0 Å². The predicted octanol–water partition coefficient (Wildman–Crippen LogP) is 5.06. The van der Waals surface area contributed by atoms with Crippen LogP contribution >= 0.6 is 0 Å². The van der Waals surface area contributed by atoms with Gasteiger partial charge in [0.1, 0.15) is 0 Å². The van der Waals surface area contributed by atoms with Crippen LogP contribution in [0.3, 0.4) is 0 Å². The van der Waals surface area contributed by atoms with Gasteiger partial charge in [0, 0.05) is 10.9 Å². The van der Waals surface area contributed by atoms with Gasteiger partial charge in [-0.25, -0.2) is 12.4 Å². The van der Waals surface area contributed by atoms with Gasteiger partial charge < -0.3 is 0 Å². The molecule has 0 fully saturated rings. The lowest BCUT2D eigenvalue weighted by molar-refractivity contribution is 0.102. The van der Waals surface area contributed by atoms with E-state index in [-0.39, 0.29) is 10.7 Å². The van der Waals surface area contributed by atoms with Gasteiger partial charge >= 0.3 is 0 Å². The number of rotatable bonds is 4. The summed E-state index contributed by atoms with van der Waals surface area (Å²) in [5, 5.41) is 0.629. The van der Waals surface area contributed by atoms with E-state index in [1.54, 1.807) is 42.5 Å².